The van der Waals surface area contributed by atoms with Crippen molar-refractivity contribution >= 4 is 38.3 Å². The lowest BCUT2D eigenvalue weighted by atomic mass is 9.84. The van der Waals surface area contributed by atoms with Gasteiger partial charge in [-0.1, -0.05) is 74.1 Å². The Balaban J connectivity index is 1.97. The number of carbonyl (C=O) groups excluding carboxylic acids is 2. The molecule has 1 aromatic heterocycles. The molecule has 0 unspecified atom stereocenters. The molecule has 6 nitrogen and oxygen atoms in total. The molecule has 0 fully saturated rings. The van der Waals surface area contributed by atoms with Crippen LogP contribution in [0.3, 0.4) is 0 Å². The molecule has 0 bridgehead atoms. The van der Waals surface area contributed by atoms with Gasteiger partial charge < -0.3 is 27.1 Å². The Kier molecular flexibility index (Phi) is 9.10. The maximum absolute atomic E-state index is 17.8. The summed E-state index contributed by atoms with van der Waals surface area (Å²) >= 11 is 0. The van der Waals surface area contributed by atoms with Gasteiger partial charge in [-0.3, -0.25) is 9.59 Å². The minimum absolute atomic E-state index is 0.0282. The van der Waals surface area contributed by atoms with E-state index in [2.05, 4.69) is 31.1 Å². The quantitative estimate of drug-likeness (QED) is 0.149. The zero-order valence-corrected chi connectivity index (χ0v) is 28.5. The minimum Gasteiger partial charge on any atom is -0.469 e. The van der Waals surface area contributed by atoms with Crippen molar-refractivity contribution in [3.05, 3.63) is 99.9 Å². The smallest absolute Gasteiger partial charge is 0.469 e. The summed E-state index contributed by atoms with van der Waals surface area (Å²) in [6, 6.07) is 18.3. The van der Waals surface area contributed by atoms with E-state index >= 15 is 8.63 Å². The molecule has 0 aliphatic carbocycles. The number of ether oxygens (including phenoxy) is 2. The third kappa shape index (κ3) is 5.92. The second-order valence-corrected chi connectivity index (χ2v) is 17.4. The number of carbonyl (C=O) groups is 2. The van der Waals surface area contributed by atoms with Crippen molar-refractivity contribution in [1.29, 1.82) is 0 Å². The van der Waals surface area contributed by atoms with Crippen molar-refractivity contribution in [2.75, 3.05) is 14.2 Å². The number of fused-ring (bicyclic) bond motifs is 2. The third-order valence-corrected chi connectivity index (χ3v) is 9.39. The summed E-state index contributed by atoms with van der Waals surface area (Å²) in [5.74, 6) is 2.56. The van der Waals surface area contributed by atoms with Gasteiger partial charge >= 0.3 is 18.9 Å². The molecular weight excluding hydrogens is 601 g/mol. The lowest BCUT2D eigenvalue weighted by Crippen LogP contribution is -2.52. The van der Waals surface area contributed by atoms with Crippen LogP contribution in [0.4, 0.5) is 8.63 Å². The van der Waals surface area contributed by atoms with Crippen LogP contribution >= 0.6 is 0 Å². The lowest BCUT2D eigenvalue weighted by Gasteiger charge is -2.33. The second kappa shape index (κ2) is 12.7. The van der Waals surface area contributed by atoms with Crippen molar-refractivity contribution in [3.8, 4) is 22.7 Å². The molecule has 0 saturated heterocycles. The van der Waals surface area contributed by atoms with E-state index in [-0.39, 0.29) is 25.7 Å². The highest BCUT2D eigenvalue weighted by atomic mass is 28.3. The van der Waals surface area contributed by atoms with Gasteiger partial charge in [0.15, 0.2) is 11.4 Å². The van der Waals surface area contributed by atoms with Gasteiger partial charge in [-0.15, -0.1) is 5.54 Å². The van der Waals surface area contributed by atoms with Gasteiger partial charge in [0, 0.05) is 40.9 Å². The van der Waals surface area contributed by atoms with Crippen LogP contribution in [0.15, 0.2) is 77.5 Å². The van der Waals surface area contributed by atoms with Crippen LogP contribution in [-0.4, -0.2) is 55.9 Å². The maximum Gasteiger partial charge on any atom is 0.738 e. The molecule has 2 aliphatic heterocycles. The number of halogens is 2. The molecule has 46 heavy (non-hydrogen) atoms. The van der Waals surface area contributed by atoms with Crippen LogP contribution in [0.2, 0.25) is 19.6 Å². The highest BCUT2D eigenvalue weighted by molar-refractivity contribution is 6.84. The van der Waals surface area contributed by atoms with Crippen molar-refractivity contribution in [1.82, 2.24) is 4.48 Å². The number of hydrogen-bond donors (Lipinski definition) is 0. The van der Waals surface area contributed by atoms with Gasteiger partial charge in [-0.25, -0.2) is 0 Å². The molecule has 0 radical (unpaired) electrons. The normalized spacial score (nSPS) is 15.3. The van der Waals surface area contributed by atoms with E-state index in [0.717, 1.165) is 0 Å². The van der Waals surface area contributed by atoms with Crippen LogP contribution in [0.1, 0.15) is 48.6 Å². The van der Waals surface area contributed by atoms with Crippen molar-refractivity contribution in [2.45, 2.75) is 59.2 Å². The van der Waals surface area contributed by atoms with Crippen molar-refractivity contribution in [2.24, 2.45) is 0 Å². The lowest BCUT2D eigenvalue weighted by molar-refractivity contribution is -0.362. The van der Waals surface area contributed by atoms with Crippen LogP contribution < -0.4 is 0 Å². The highest BCUT2D eigenvalue weighted by Crippen LogP contribution is 2.48. The molecular formula is C36H39BF2N2O4Si. The van der Waals surface area contributed by atoms with Crippen LogP contribution in [0.25, 0.3) is 16.8 Å². The number of allylic oxidation sites excluding steroid dienone is 3. The van der Waals surface area contributed by atoms with E-state index in [0.29, 0.717) is 61.8 Å². The fraction of sp³-hybridized carbons (Fsp3) is 0.306. The van der Waals surface area contributed by atoms with Gasteiger partial charge in [-0.05, 0) is 55.5 Å². The molecule has 2 aromatic carbocycles. The number of methoxy groups -OCH3 is 2. The number of benzene rings is 2. The summed E-state index contributed by atoms with van der Waals surface area (Å²) in [6.07, 6.45) is 0.460. The van der Waals surface area contributed by atoms with E-state index < -0.39 is 27.0 Å². The van der Waals surface area contributed by atoms with Gasteiger partial charge in [-0.2, -0.15) is 0 Å². The largest absolute Gasteiger partial charge is 0.738 e. The number of esters is 2. The first-order valence-electron chi connectivity index (χ1n) is 15.5. The van der Waals surface area contributed by atoms with Crippen molar-refractivity contribution in [3.63, 3.8) is 0 Å². The Labute approximate surface area is 270 Å². The first kappa shape index (κ1) is 32.9. The van der Waals surface area contributed by atoms with Gasteiger partial charge in [0.2, 0.25) is 0 Å². The van der Waals surface area contributed by atoms with E-state index in [1.54, 1.807) is 0 Å². The number of rotatable bonds is 8. The van der Waals surface area contributed by atoms with Gasteiger partial charge in [0.1, 0.15) is 13.6 Å². The summed E-state index contributed by atoms with van der Waals surface area (Å²) in [6.45, 7) is 5.50. The number of nitrogens with zero attached hydrogens (tertiary/aromatic N) is 2. The fourth-order valence-electron chi connectivity index (χ4n) is 6.45. The monoisotopic (exact) mass is 640 g/mol. The van der Waals surface area contributed by atoms with Crippen LogP contribution in [0, 0.1) is 18.4 Å². The number of aromatic nitrogens is 1. The molecule has 0 saturated carbocycles. The fourth-order valence-corrected chi connectivity index (χ4v) is 6.95. The third-order valence-electron chi connectivity index (χ3n) is 8.52. The summed E-state index contributed by atoms with van der Waals surface area (Å²) in [4.78, 5) is 24.8. The Hall–Kier alpha value is -4.49. The molecule has 0 N–H and O–H groups in total. The summed E-state index contributed by atoms with van der Waals surface area (Å²) in [5, 5.41) is 0. The summed E-state index contributed by atoms with van der Waals surface area (Å²) < 4.78 is 47.8. The standard InChI is InChI=1S/C36H39BF2N2O4Si/c1-24-28(18-20-31(42)44-3)35-30(22-23-46(5,6)7)36-29(19-21-32(43)45-4)25(2)34(27-16-12-9-13-17-27)41(36)37(38,39)40(35)33(24)26-14-10-8-11-15-26/h8-17H,18-21H2,1-7H3. The van der Waals surface area contributed by atoms with Crippen molar-refractivity contribution < 1.29 is 32.2 Å². The zero-order chi connectivity index (χ0) is 33.4. The average Bonchev–Trinajstić information content (AvgIpc) is 3.50. The zero-order valence-electron chi connectivity index (χ0n) is 27.5. The van der Waals surface area contributed by atoms with E-state index in [4.69, 9.17) is 9.47 Å². The molecule has 2 aliphatic rings. The minimum atomic E-state index is -4.51. The first-order chi connectivity index (χ1) is 21.8. The summed E-state index contributed by atoms with van der Waals surface area (Å²) in [5.41, 5.74) is 9.23. The predicted molar refractivity (Wildman–Crippen MR) is 181 cm³/mol. The molecule has 238 valence electrons. The maximum atomic E-state index is 17.8. The molecule has 0 spiro atoms. The SMILES string of the molecule is COC(=O)CCC1=C(C)C(c2ccccc2)=[N+]2C1=C(C#C[Si](C)(C)C)c1c(CCC(=O)OC)c(C)c(-c3ccccc3)n1[B-]2(F)F. The van der Waals surface area contributed by atoms with Crippen LogP contribution in [-0.2, 0) is 25.5 Å². The molecule has 0 atom stereocenters. The molecule has 3 aromatic rings. The molecule has 3 heterocycles. The molecule has 5 rings (SSSR count). The highest BCUT2D eigenvalue weighted by Gasteiger charge is 2.58. The Morgan fingerprint density at radius 1 is 0.848 bits per heavy atom. The average molecular weight is 641 g/mol. The topological polar surface area (TPSA) is 60.5 Å². The Bertz CT molecular complexity index is 1880. The van der Waals surface area contributed by atoms with Gasteiger partial charge in [0.25, 0.3) is 0 Å². The molecule has 10 heteroatoms. The van der Waals surface area contributed by atoms with Gasteiger partial charge in [0.05, 0.1) is 14.2 Å². The Morgan fingerprint density at radius 2 is 1.39 bits per heavy atom. The van der Waals surface area contributed by atoms with E-state index in [9.17, 15) is 9.59 Å². The van der Waals surface area contributed by atoms with E-state index in [1.165, 1.54) is 23.2 Å². The number of hydrogen-bond acceptors (Lipinski definition) is 4. The Morgan fingerprint density at radius 3 is 1.93 bits per heavy atom. The first-order valence-corrected chi connectivity index (χ1v) is 19.0. The van der Waals surface area contributed by atoms with E-state index in [1.807, 2.05) is 74.5 Å². The van der Waals surface area contributed by atoms with Crippen LogP contribution in [0.5, 0.6) is 0 Å². The summed E-state index contributed by atoms with van der Waals surface area (Å²) in [7, 11) is 0.633. The second-order valence-electron chi connectivity index (χ2n) is 12.7. The predicted octanol–water partition coefficient (Wildman–Crippen LogP) is 7.18. The molecule has 0 amide bonds.